The van der Waals surface area contributed by atoms with E-state index in [9.17, 15) is 9.90 Å². The van der Waals surface area contributed by atoms with Crippen LogP contribution >= 0.6 is 0 Å². The number of carboxylic acids is 1. The molecule has 98 valence electrons. The first kappa shape index (κ1) is 13.0. The standard InChI is InChI=1S/C15H15NO3/c1-10-7-8-13(12(16)9-10)19-14(15(17)18)11-5-3-2-4-6-11/h2-9,14H,16H2,1H3,(H,17,18)/t14-/m1/s1. The van der Waals surface area contributed by atoms with Gasteiger partial charge in [-0.1, -0.05) is 36.4 Å². The molecule has 4 heteroatoms. The van der Waals surface area contributed by atoms with E-state index in [1.807, 2.05) is 19.1 Å². The van der Waals surface area contributed by atoms with Gasteiger partial charge in [-0.2, -0.15) is 0 Å². The highest BCUT2D eigenvalue weighted by molar-refractivity contribution is 5.75. The summed E-state index contributed by atoms with van der Waals surface area (Å²) in [5.74, 6) is -0.673. The number of aryl methyl sites for hydroxylation is 1. The Morgan fingerprint density at radius 1 is 1.21 bits per heavy atom. The van der Waals surface area contributed by atoms with Crippen molar-refractivity contribution in [3.8, 4) is 5.75 Å². The number of anilines is 1. The van der Waals surface area contributed by atoms with Crippen molar-refractivity contribution in [2.24, 2.45) is 0 Å². The van der Waals surface area contributed by atoms with Crippen LogP contribution in [0.5, 0.6) is 5.75 Å². The van der Waals surface area contributed by atoms with Gasteiger partial charge >= 0.3 is 5.97 Å². The topological polar surface area (TPSA) is 72.5 Å². The van der Waals surface area contributed by atoms with Gasteiger partial charge in [0.2, 0.25) is 6.10 Å². The summed E-state index contributed by atoms with van der Waals surface area (Å²) in [4.78, 5) is 11.3. The van der Waals surface area contributed by atoms with E-state index in [-0.39, 0.29) is 0 Å². The maximum Gasteiger partial charge on any atom is 0.349 e. The zero-order valence-electron chi connectivity index (χ0n) is 10.5. The number of hydrogen-bond donors (Lipinski definition) is 2. The van der Waals surface area contributed by atoms with Gasteiger partial charge in [0.25, 0.3) is 0 Å². The summed E-state index contributed by atoms with van der Waals surface area (Å²) in [6, 6.07) is 14.0. The summed E-state index contributed by atoms with van der Waals surface area (Å²) >= 11 is 0. The van der Waals surface area contributed by atoms with Crippen LogP contribution in [0.3, 0.4) is 0 Å². The SMILES string of the molecule is Cc1ccc(O[C@@H](C(=O)O)c2ccccc2)c(N)c1. The van der Waals surface area contributed by atoms with Crippen LogP contribution < -0.4 is 10.5 Å². The molecule has 0 aliphatic heterocycles. The van der Waals surface area contributed by atoms with E-state index in [1.165, 1.54) is 0 Å². The van der Waals surface area contributed by atoms with Crippen molar-refractivity contribution in [2.45, 2.75) is 13.0 Å². The Morgan fingerprint density at radius 2 is 1.89 bits per heavy atom. The van der Waals surface area contributed by atoms with Gasteiger partial charge in [-0.3, -0.25) is 0 Å². The molecule has 0 bridgehead atoms. The molecule has 0 amide bonds. The molecule has 0 unspecified atom stereocenters. The van der Waals surface area contributed by atoms with Gasteiger partial charge in [-0.05, 0) is 24.6 Å². The third-order valence-corrected chi connectivity index (χ3v) is 2.74. The third kappa shape index (κ3) is 3.04. The second kappa shape index (κ2) is 5.44. The Labute approximate surface area is 111 Å². The van der Waals surface area contributed by atoms with E-state index in [0.29, 0.717) is 17.0 Å². The van der Waals surface area contributed by atoms with Crippen LogP contribution in [-0.2, 0) is 4.79 Å². The van der Waals surface area contributed by atoms with Gasteiger partial charge in [0.05, 0.1) is 5.69 Å². The molecule has 0 fully saturated rings. The molecular formula is C15H15NO3. The molecule has 0 spiro atoms. The molecule has 4 nitrogen and oxygen atoms in total. The Bertz CT molecular complexity index is 581. The van der Waals surface area contributed by atoms with E-state index in [4.69, 9.17) is 10.5 Å². The van der Waals surface area contributed by atoms with Crippen LogP contribution in [0, 0.1) is 6.92 Å². The lowest BCUT2D eigenvalue weighted by Gasteiger charge is -2.17. The molecule has 0 aromatic heterocycles. The number of nitrogens with two attached hydrogens (primary N) is 1. The molecule has 0 saturated heterocycles. The van der Waals surface area contributed by atoms with E-state index in [1.54, 1.807) is 36.4 Å². The summed E-state index contributed by atoms with van der Waals surface area (Å²) in [7, 11) is 0. The minimum Gasteiger partial charge on any atom is -0.478 e. The molecule has 3 N–H and O–H groups in total. The number of carbonyl (C=O) groups is 1. The maximum absolute atomic E-state index is 11.3. The van der Waals surface area contributed by atoms with Crippen molar-refractivity contribution in [1.29, 1.82) is 0 Å². The molecule has 1 atom stereocenters. The number of benzene rings is 2. The van der Waals surface area contributed by atoms with Crippen LogP contribution in [-0.4, -0.2) is 11.1 Å². The molecule has 2 aromatic rings. The van der Waals surface area contributed by atoms with Gasteiger partial charge < -0.3 is 15.6 Å². The van der Waals surface area contributed by atoms with E-state index in [0.717, 1.165) is 5.56 Å². The van der Waals surface area contributed by atoms with Crippen molar-refractivity contribution >= 4 is 11.7 Å². The number of ether oxygens (including phenoxy) is 1. The van der Waals surface area contributed by atoms with Crippen molar-refractivity contribution < 1.29 is 14.6 Å². The lowest BCUT2D eigenvalue weighted by molar-refractivity contribution is -0.145. The number of aliphatic carboxylic acids is 1. The lowest BCUT2D eigenvalue weighted by atomic mass is 10.1. The largest absolute Gasteiger partial charge is 0.478 e. The van der Waals surface area contributed by atoms with Gasteiger partial charge in [-0.25, -0.2) is 4.79 Å². The average molecular weight is 257 g/mol. The molecule has 2 rings (SSSR count). The highest BCUT2D eigenvalue weighted by atomic mass is 16.5. The van der Waals surface area contributed by atoms with E-state index >= 15 is 0 Å². The fourth-order valence-corrected chi connectivity index (χ4v) is 1.79. The summed E-state index contributed by atoms with van der Waals surface area (Å²) in [6.07, 6.45) is -1.06. The van der Waals surface area contributed by atoms with Crippen molar-refractivity contribution in [1.82, 2.24) is 0 Å². The molecule has 0 aliphatic rings. The van der Waals surface area contributed by atoms with Crippen molar-refractivity contribution in [2.75, 3.05) is 5.73 Å². The Balaban J connectivity index is 2.29. The van der Waals surface area contributed by atoms with Crippen molar-refractivity contribution in [3.63, 3.8) is 0 Å². The quantitative estimate of drug-likeness (QED) is 0.826. The summed E-state index contributed by atoms with van der Waals surface area (Å²) in [5, 5.41) is 9.27. The number of nitrogen functional groups attached to an aromatic ring is 1. The molecule has 0 aliphatic carbocycles. The maximum atomic E-state index is 11.3. The third-order valence-electron chi connectivity index (χ3n) is 2.74. The summed E-state index contributed by atoms with van der Waals surface area (Å²) in [6.45, 7) is 1.91. The van der Waals surface area contributed by atoms with Crippen LogP contribution in [0.15, 0.2) is 48.5 Å². The highest BCUT2D eigenvalue weighted by Crippen LogP contribution is 2.28. The minimum absolute atomic E-state index is 0.377. The molecule has 0 radical (unpaired) electrons. The zero-order chi connectivity index (χ0) is 13.8. The minimum atomic E-state index is -1.06. The predicted octanol–water partition coefficient (Wildman–Crippen LogP) is 2.78. The highest BCUT2D eigenvalue weighted by Gasteiger charge is 2.22. The number of carboxylic acid groups (broad SMARTS) is 1. The van der Waals surface area contributed by atoms with Crippen LogP contribution in [0.4, 0.5) is 5.69 Å². The Kier molecular flexibility index (Phi) is 3.71. The van der Waals surface area contributed by atoms with Gasteiger partial charge in [-0.15, -0.1) is 0 Å². The van der Waals surface area contributed by atoms with Crippen LogP contribution in [0.1, 0.15) is 17.2 Å². The first-order valence-corrected chi connectivity index (χ1v) is 5.88. The zero-order valence-corrected chi connectivity index (χ0v) is 10.5. The van der Waals surface area contributed by atoms with E-state index in [2.05, 4.69) is 0 Å². The second-order valence-electron chi connectivity index (χ2n) is 4.29. The number of rotatable bonds is 4. The Morgan fingerprint density at radius 3 is 2.47 bits per heavy atom. The number of hydrogen-bond acceptors (Lipinski definition) is 3. The summed E-state index contributed by atoms with van der Waals surface area (Å²) in [5.41, 5.74) is 7.84. The second-order valence-corrected chi connectivity index (χ2v) is 4.29. The first-order valence-electron chi connectivity index (χ1n) is 5.88. The summed E-state index contributed by atoms with van der Waals surface area (Å²) < 4.78 is 5.52. The average Bonchev–Trinajstić information content (AvgIpc) is 2.38. The monoisotopic (exact) mass is 257 g/mol. The van der Waals surface area contributed by atoms with Crippen LogP contribution in [0.2, 0.25) is 0 Å². The normalized spacial score (nSPS) is 11.8. The molecular weight excluding hydrogens is 242 g/mol. The van der Waals surface area contributed by atoms with Crippen molar-refractivity contribution in [3.05, 3.63) is 59.7 Å². The smallest absolute Gasteiger partial charge is 0.349 e. The fraction of sp³-hybridized carbons (Fsp3) is 0.133. The lowest BCUT2D eigenvalue weighted by Crippen LogP contribution is -2.18. The first-order chi connectivity index (χ1) is 9.08. The molecule has 19 heavy (non-hydrogen) atoms. The molecule has 0 heterocycles. The fourth-order valence-electron chi connectivity index (χ4n) is 1.79. The van der Waals surface area contributed by atoms with Gasteiger partial charge in [0.1, 0.15) is 5.75 Å². The van der Waals surface area contributed by atoms with Gasteiger partial charge in [0, 0.05) is 5.56 Å². The Hall–Kier alpha value is -2.49. The molecule has 0 saturated carbocycles. The predicted molar refractivity (Wildman–Crippen MR) is 73.0 cm³/mol. The molecule has 2 aromatic carbocycles. The van der Waals surface area contributed by atoms with E-state index < -0.39 is 12.1 Å². The van der Waals surface area contributed by atoms with Crippen LogP contribution in [0.25, 0.3) is 0 Å². The van der Waals surface area contributed by atoms with Gasteiger partial charge in [0.15, 0.2) is 0 Å².